The van der Waals surface area contributed by atoms with Crippen LogP contribution in [-0.2, 0) is 28.6 Å². The smallest absolute Gasteiger partial charge is 0.306 e. The maximum absolute atomic E-state index is 12.9. The summed E-state index contributed by atoms with van der Waals surface area (Å²) >= 11 is 0. The van der Waals surface area contributed by atoms with Gasteiger partial charge in [0, 0.05) is 19.3 Å². The zero-order chi connectivity index (χ0) is 57.1. The van der Waals surface area contributed by atoms with E-state index >= 15 is 0 Å². The maximum atomic E-state index is 12.9. The maximum Gasteiger partial charge on any atom is 0.306 e. The second-order valence-electron chi connectivity index (χ2n) is 22.7. The molecular formula is C73H128O6. The number of hydrogen-bond acceptors (Lipinski definition) is 6. The molecule has 6 nitrogen and oxygen atoms in total. The van der Waals surface area contributed by atoms with Crippen molar-refractivity contribution in [3.05, 3.63) is 85.1 Å². The first kappa shape index (κ1) is 75.6. The van der Waals surface area contributed by atoms with Gasteiger partial charge in [0.1, 0.15) is 13.2 Å². The number of carbonyl (C=O) groups excluding carboxylic acids is 3. The molecule has 0 fully saturated rings. The van der Waals surface area contributed by atoms with E-state index in [1.165, 1.54) is 193 Å². The Labute approximate surface area is 490 Å². The van der Waals surface area contributed by atoms with Gasteiger partial charge in [0.15, 0.2) is 6.10 Å². The number of ether oxygens (including phenoxy) is 3. The third-order valence-corrected chi connectivity index (χ3v) is 14.9. The summed E-state index contributed by atoms with van der Waals surface area (Å²) in [5.74, 6) is -0.874. The van der Waals surface area contributed by atoms with E-state index in [1.54, 1.807) is 0 Å². The molecule has 0 aliphatic carbocycles. The lowest BCUT2D eigenvalue weighted by atomic mass is 10.0. The first-order chi connectivity index (χ1) is 39.0. The lowest BCUT2D eigenvalue weighted by Crippen LogP contribution is -2.30. The van der Waals surface area contributed by atoms with Crippen molar-refractivity contribution in [3.63, 3.8) is 0 Å². The van der Waals surface area contributed by atoms with Crippen LogP contribution in [0.4, 0.5) is 0 Å². The Balaban J connectivity index is 4.36. The number of allylic oxidation sites excluding steroid dienone is 14. The van der Waals surface area contributed by atoms with Gasteiger partial charge in [0.2, 0.25) is 0 Å². The second-order valence-corrected chi connectivity index (χ2v) is 22.7. The second kappa shape index (κ2) is 67.1. The van der Waals surface area contributed by atoms with E-state index in [0.29, 0.717) is 19.3 Å². The fraction of sp³-hybridized carbons (Fsp3) is 0.767. The molecule has 0 bridgehead atoms. The highest BCUT2D eigenvalue weighted by molar-refractivity contribution is 5.71. The lowest BCUT2D eigenvalue weighted by Gasteiger charge is -2.18. The largest absolute Gasteiger partial charge is 0.462 e. The molecule has 0 aliphatic heterocycles. The van der Waals surface area contributed by atoms with Crippen LogP contribution in [0.5, 0.6) is 0 Å². The fourth-order valence-corrected chi connectivity index (χ4v) is 9.80. The molecule has 0 saturated heterocycles. The molecule has 0 aliphatic rings. The molecule has 0 aromatic heterocycles. The van der Waals surface area contributed by atoms with Crippen molar-refractivity contribution in [1.29, 1.82) is 0 Å². The fourth-order valence-electron chi connectivity index (χ4n) is 9.80. The third-order valence-electron chi connectivity index (χ3n) is 14.9. The molecule has 0 spiro atoms. The van der Waals surface area contributed by atoms with E-state index in [2.05, 4.69) is 106 Å². The van der Waals surface area contributed by atoms with Crippen molar-refractivity contribution in [2.24, 2.45) is 0 Å². The number of carbonyl (C=O) groups is 3. The Kier molecular flexibility index (Phi) is 64.2. The summed E-state index contributed by atoms with van der Waals surface area (Å²) in [5, 5.41) is 0. The Hall–Kier alpha value is -3.41. The van der Waals surface area contributed by atoms with Gasteiger partial charge in [-0.25, -0.2) is 0 Å². The molecule has 0 aromatic rings. The highest BCUT2D eigenvalue weighted by Crippen LogP contribution is 2.17. The molecule has 6 heteroatoms. The quantitative estimate of drug-likeness (QED) is 0.0261. The minimum Gasteiger partial charge on any atom is -0.462 e. The Morgan fingerprint density at radius 2 is 0.494 bits per heavy atom. The van der Waals surface area contributed by atoms with Crippen molar-refractivity contribution in [3.8, 4) is 0 Å². The molecule has 1 atom stereocenters. The lowest BCUT2D eigenvalue weighted by molar-refractivity contribution is -0.167. The van der Waals surface area contributed by atoms with Crippen molar-refractivity contribution in [2.75, 3.05) is 13.2 Å². The molecule has 0 heterocycles. The average Bonchev–Trinajstić information content (AvgIpc) is 3.45. The van der Waals surface area contributed by atoms with Gasteiger partial charge in [-0.1, -0.05) is 311 Å². The standard InChI is InChI=1S/C73H128O6/c1-4-7-10-13-16-19-22-25-28-31-34-35-36-37-38-39-40-43-45-48-51-54-57-60-63-66-72(75)78-69-70(79-73(76)67-64-61-58-55-52-49-46-42-33-30-27-24-21-18-15-12-9-6-3)68-77-71(74)65-62-59-56-53-50-47-44-41-32-29-26-23-20-17-14-11-8-5-2/h7,10,16,19,21,24-25,28,30,33-35,37-38,70H,4-6,8-9,11-15,17-18,20,22-23,26-27,29,31-32,36,39-69H2,1-3H3/b10-7-,19-16-,24-21-,28-25-,33-30-,35-34-,38-37-. The summed E-state index contributed by atoms with van der Waals surface area (Å²) < 4.78 is 17.0. The minimum absolute atomic E-state index is 0.0781. The SMILES string of the molecule is CC/C=C\C/C=C\C/C=C\C/C=C\C/C=C\CCCCCCCCCCCC(=O)OCC(COC(=O)CCCCCCCCCCCCCCCCCCCC)OC(=O)CCCCCCCCC/C=C\C/C=C\CCCCCC. The predicted molar refractivity (Wildman–Crippen MR) is 344 cm³/mol. The topological polar surface area (TPSA) is 78.9 Å². The molecular weight excluding hydrogens is 973 g/mol. The zero-order valence-corrected chi connectivity index (χ0v) is 52.4. The van der Waals surface area contributed by atoms with Crippen LogP contribution >= 0.6 is 0 Å². The van der Waals surface area contributed by atoms with Crippen LogP contribution in [0.1, 0.15) is 342 Å². The van der Waals surface area contributed by atoms with E-state index < -0.39 is 6.10 Å². The van der Waals surface area contributed by atoms with Gasteiger partial charge in [-0.3, -0.25) is 14.4 Å². The molecule has 0 aromatic carbocycles. The minimum atomic E-state index is -0.784. The van der Waals surface area contributed by atoms with Crippen molar-refractivity contribution >= 4 is 17.9 Å². The van der Waals surface area contributed by atoms with Gasteiger partial charge in [0.05, 0.1) is 0 Å². The summed E-state index contributed by atoms with van der Waals surface area (Å²) in [6, 6.07) is 0. The molecule has 0 N–H and O–H groups in total. The number of esters is 3. The van der Waals surface area contributed by atoms with Crippen molar-refractivity contribution in [1.82, 2.24) is 0 Å². The Morgan fingerprint density at radius 3 is 0.785 bits per heavy atom. The van der Waals surface area contributed by atoms with E-state index in [4.69, 9.17) is 14.2 Å². The highest BCUT2D eigenvalue weighted by atomic mass is 16.6. The van der Waals surface area contributed by atoms with E-state index in [1.807, 2.05) is 0 Å². The van der Waals surface area contributed by atoms with Crippen LogP contribution in [0.2, 0.25) is 0 Å². The van der Waals surface area contributed by atoms with E-state index in [0.717, 1.165) is 109 Å². The van der Waals surface area contributed by atoms with Crippen LogP contribution < -0.4 is 0 Å². The molecule has 456 valence electrons. The third kappa shape index (κ3) is 65.3. The molecule has 0 saturated carbocycles. The Bertz CT molecular complexity index is 1500. The van der Waals surface area contributed by atoms with Crippen LogP contribution in [0.15, 0.2) is 85.1 Å². The molecule has 79 heavy (non-hydrogen) atoms. The average molecular weight is 1100 g/mol. The number of rotatable bonds is 62. The molecule has 0 amide bonds. The highest BCUT2D eigenvalue weighted by Gasteiger charge is 2.19. The summed E-state index contributed by atoms with van der Waals surface area (Å²) in [4.78, 5) is 38.4. The van der Waals surface area contributed by atoms with Crippen LogP contribution in [-0.4, -0.2) is 37.2 Å². The van der Waals surface area contributed by atoms with Crippen LogP contribution in [0.25, 0.3) is 0 Å². The monoisotopic (exact) mass is 1100 g/mol. The van der Waals surface area contributed by atoms with Crippen LogP contribution in [0, 0.1) is 0 Å². The normalized spacial score (nSPS) is 12.6. The zero-order valence-electron chi connectivity index (χ0n) is 52.4. The van der Waals surface area contributed by atoms with Gasteiger partial charge in [-0.2, -0.15) is 0 Å². The van der Waals surface area contributed by atoms with Gasteiger partial charge < -0.3 is 14.2 Å². The van der Waals surface area contributed by atoms with Gasteiger partial charge in [-0.05, 0) is 96.3 Å². The molecule has 0 radical (unpaired) electrons. The van der Waals surface area contributed by atoms with E-state index in [-0.39, 0.29) is 31.1 Å². The first-order valence-electron chi connectivity index (χ1n) is 34.1. The predicted octanol–water partition coefficient (Wildman–Crippen LogP) is 23.4. The van der Waals surface area contributed by atoms with Crippen LogP contribution in [0.3, 0.4) is 0 Å². The summed E-state index contributed by atoms with van der Waals surface area (Å²) in [7, 11) is 0. The van der Waals surface area contributed by atoms with Crippen molar-refractivity contribution < 1.29 is 28.6 Å². The summed E-state index contributed by atoms with van der Waals surface area (Å²) in [6.07, 6.45) is 88.7. The van der Waals surface area contributed by atoms with Gasteiger partial charge >= 0.3 is 17.9 Å². The molecule has 0 rings (SSSR count). The summed E-state index contributed by atoms with van der Waals surface area (Å²) in [5.41, 5.74) is 0. The number of hydrogen-bond donors (Lipinski definition) is 0. The number of unbranched alkanes of at least 4 members (excludes halogenated alkanes) is 37. The Morgan fingerprint density at radius 1 is 0.266 bits per heavy atom. The van der Waals surface area contributed by atoms with Gasteiger partial charge in [0.25, 0.3) is 0 Å². The van der Waals surface area contributed by atoms with Gasteiger partial charge in [-0.15, -0.1) is 0 Å². The van der Waals surface area contributed by atoms with E-state index in [9.17, 15) is 14.4 Å². The summed E-state index contributed by atoms with van der Waals surface area (Å²) in [6.45, 7) is 6.55. The van der Waals surface area contributed by atoms with Crippen molar-refractivity contribution in [2.45, 2.75) is 348 Å². The molecule has 1 unspecified atom stereocenters. The first-order valence-corrected chi connectivity index (χ1v) is 34.1.